The summed E-state index contributed by atoms with van der Waals surface area (Å²) >= 11 is 0. The highest BCUT2D eigenvalue weighted by Gasteiger charge is 2.28. The Bertz CT molecular complexity index is 690. The van der Waals surface area contributed by atoms with E-state index in [2.05, 4.69) is 41.4 Å². The predicted octanol–water partition coefficient (Wildman–Crippen LogP) is 3.57. The Hall–Kier alpha value is -1.88. The lowest BCUT2D eigenvalue weighted by Crippen LogP contribution is -2.45. The van der Waals surface area contributed by atoms with Gasteiger partial charge in [-0.2, -0.15) is 0 Å². The summed E-state index contributed by atoms with van der Waals surface area (Å²) in [5, 5.41) is 3.15. The largest absolute Gasteiger partial charge is 0.352 e. The normalized spacial score (nSPS) is 23.0. The van der Waals surface area contributed by atoms with E-state index in [-0.39, 0.29) is 17.7 Å². The van der Waals surface area contributed by atoms with E-state index in [1.165, 1.54) is 24.0 Å². The second-order valence-corrected chi connectivity index (χ2v) is 8.90. The van der Waals surface area contributed by atoms with Crippen LogP contribution in [0.1, 0.15) is 63.5 Å². The summed E-state index contributed by atoms with van der Waals surface area (Å²) in [5.41, 5.74) is 2.51. The molecule has 2 aliphatic heterocycles. The van der Waals surface area contributed by atoms with Crippen LogP contribution in [0, 0.1) is 11.8 Å². The van der Waals surface area contributed by atoms with Crippen molar-refractivity contribution in [3.8, 4) is 0 Å². The van der Waals surface area contributed by atoms with Crippen molar-refractivity contribution >= 4 is 11.8 Å². The Morgan fingerprint density at radius 3 is 2.59 bits per heavy atom. The first-order chi connectivity index (χ1) is 14.1. The van der Waals surface area contributed by atoms with Gasteiger partial charge in [0.2, 0.25) is 11.8 Å². The van der Waals surface area contributed by atoms with Crippen LogP contribution in [0.3, 0.4) is 0 Å². The summed E-state index contributed by atoms with van der Waals surface area (Å²) in [6.07, 6.45) is 5.82. The molecule has 5 nitrogen and oxygen atoms in total. The van der Waals surface area contributed by atoms with E-state index in [1.54, 1.807) is 0 Å². The molecule has 1 aromatic rings. The molecule has 1 N–H and O–H groups in total. The molecule has 2 amide bonds. The molecular weight excluding hydrogens is 362 g/mol. The SMILES string of the molecule is CCCC(=O)N1CCCC(C(=O)NCc2ccccc2CN2CCCC(C)C2)C1. The van der Waals surface area contributed by atoms with Crippen molar-refractivity contribution in [1.29, 1.82) is 0 Å². The molecule has 0 saturated carbocycles. The molecule has 3 rings (SSSR count). The average molecular weight is 400 g/mol. The fourth-order valence-electron chi connectivity index (χ4n) is 4.67. The van der Waals surface area contributed by atoms with E-state index in [4.69, 9.17) is 0 Å². The molecule has 29 heavy (non-hydrogen) atoms. The highest BCUT2D eigenvalue weighted by atomic mass is 16.2. The summed E-state index contributed by atoms with van der Waals surface area (Å²) in [5.74, 6) is 0.950. The number of hydrogen-bond acceptors (Lipinski definition) is 3. The highest BCUT2D eigenvalue weighted by molar-refractivity contribution is 5.81. The number of nitrogens with one attached hydrogen (secondary N) is 1. The first-order valence-corrected chi connectivity index (χ1v) is 11.4. The van der Waals surface area contributed by atoms with Gasteiger partial charge in [-0.25, -0.2) is 0 Å². The number of rotatable bonds is 7. The van der Waals surface area contributed by atoms with Gasteiger partial charge in [-0.3, -0.25) is 14.5 Å². The third-order valence-electron chi connectivity index (χ3n) is 6.32. The van der Waals surface area contributed by atoms with Gasteiger partial charge >= 0.3 is 0 Å². The second-order valence-electron chi connectivity index (χ2n) is 8.90. The maximum absolute atomic E-state index is 12.8. The molecular formula is C24H37N3O2. The minimum Gasteiger partial charge on any atom is -0.352 e. The summed E-state index contributed by atoms with van der Waals surface area (Å²) in [6, 6.07) is 8.45. The van der Waals surface area contributed by atoms with Gasteiger partial charge in [0.05, 0.1) is 5.92 Å². The van der Waals surface area contributed by atoms with Crippen LogP contribution in [-0.2, 0) is 22.7 Å². The quantitative estimate of drug-likeness (QED) is 0.763. The topological polar surface area (TPSA) is 52.7 Å². The van der Waals surface area contributed by atoms with Crippen LogP contribution in [0.4, 0.5) is 0 Å². The monoisotopic (exact) mass is 399 g/mol. The fraction of sp³-hybridized carbons (Fsp3) is 0.667. The lowest BCUT2D eigenvalue weighted by Gasteiger charge is -2.32. The third-order valence-corrected chi connectivity index (χ3v) is 6.32. The van der Waals surface area contributed by atoms with Crippen molar-refractivity contribution in [2.45, 2.75) is 65.5 Å². The van der Waals surface area contributed by atoms with E-state index in [0.29, 0.717) is 19.5 Å². The van der Waals surface area contributed by atoms with Crippen molar-refractivity contribution in [2.24, 2.45) is 11.8 Å². The minimum absolute atomic E-state index is 0.0836. The first-order valence-electron chi connectivity index (χ1n) is 11.4. The molecule has 2 saturated heterocycles. The molecule has 160 valence electrons. The Morgan fingerprint density at radius 1 is 1.07 bits per heavy atom. The van der Waals surface area contributed by atoms with E-state index >= 15 is 0 Å². The van der Waals surface area contributed by atoms with Gasteiger partial charge in [-0.1, -0.05) is 38.1 Å². The predicted molar refractivity (Wildman–Crippen MR) is 116 cm³/mol. The van der Waals surface area contributed by atoms with Crippen molar-refractivity contribution in [1.82, 2.24) is 15.1 Å². The molecule has 0 aromatic heterocycles. The zero-order valence-electron chi connectivity index (χ0n) is 18.2. The number of likely N-dealkylation sites (tertiary alicyclic amines) is 2. The molecule has 0 bridgehead atoms. The summed E-state index contributed by atoms with van der Waals surface area (Å²) in [6.45, 7) is 9.55. The van der Waals surface area contributed by atoms with E-state index in [0.717, 1.165) is 51.4 Å². The van der Waals surface area contributed by atoms with Gasteiger partial charge in [0.1, 0.15) is 0 Å². The van der Waals surface area contributed by atoms with Crippen LogP contribution in [0.15, 0.2) is 24.3 Å². The van der Waals surface area contributed by atoms with Gasteiger partial charge in [0, 0.05) is 39.1 Å². The number of benzene rings is 1. The smallest absolute Gasteiger partial charge is 0.225 e. The molecule has 0 spiro atoms. The average Bonchev–Trinajstić information content (AvgIpc) is 2.73. The Labute approximate surface area is 175 Å². The van der Waals surface area contributed by atoms with Crippen molar-refractivity contribution in [3.63, 3.8) is 0 Å². The molecule has 0 radical (unpaired) electrons. The summed E-state index contributed by atoms with van der Waals surface area (Å²) in [4.78, 5) is 29.4. The third kappa shape index (κ3) is 6.30. The standard InChI is InChI=1S/C24H37N3O2/c1-3-8-23(28)27-14-7-12-22(18-27)24(29)25-15-20-10-4-5-11-21(20)17-26-13-6-9-19(2)16-26/h4-5,10-11,19,22H,3,6-9,12-18H2,1-2H3,(H,25,29). The van der Waals surface area contributed by atoms with Gasteiger partial charge < -0.3 is 10.2 Å². The van der Waals surface area contributed by atoms with Gasteiger partial charge in [0.15, 0.2) is 0 Å². The molecule has 1 aromatic carbocycles. The van der Waals surface area contributed by atoms with Crippen LogP contribution in [0.5, 0.6) is 0 Å². The number of amides is 2. The highest BCUT2D eigenvalue weighted by Crippen LogP contribution is 2.21. The summed E-state index contributed by atoms with van der Waals surface area (Å²) < 4.78 is 0. The minimum atomic E-state index is -0.0836. The van der Waals surface area contributed by atoms with Crippen LogP contribution >= 0.6 is 0 Å². The molecule has 2 fully saturated rings. The van der Waals surface area contributed by atoms with Crippen LogP contribution in [0.25, 0.3) is 0 Å². The van der Waals surface area contributed by atoms with Crippen LogP contribution in [0.2, 0.25) is 0 Å². The maximum Gasteiger partial charge on any atom is 0.225 e. The van der Waals surface area contributed by atoms with Gasteiger partial charge in [0.25, 0.3) is 0 Å². The van der Waals surface area contributed by atoms with Crippen molar-refractivity contribution < 1.29 is 9.59 Å². The van der Waals surface area contributed by atoms with Gasteiger partial charge in [-0.05, 0) is 55.7 Å². The zero-order chi connectivity index (χ0) is 20.6. The van der Waals surface area contributed by atoms with Crippen LogP contribution in [-0.4, -0.2) is 47.8 Å². The van der Waals surface area contributed by atoms with Crippen molar-refractivity contribution in [3.05, 3.63) is 35.4 Å². The van der Waals surface area contributed by atoms with E-state index < -0.39 is 0 Å². The lowest BCUT2D eigenvalue weighted by molar-refractivity contribution is -0.135. The number of carbonyl (C=O) groups excluding carboxylic acids is 2. The number of carbonyl (C=O) groups is 2. The molecule has 2 atom stereocenters. The lowest BCUT2D eigenvalue weighted by atomic mass is 9.96. The Kier molecular flexibility index (Phi) is 8.10. The number of piperidine rings is 2. The molecule has 2 aliphatic rings. The Morgan fingerprint density at radius 2 is 1.83 bits per heavy atom. The second kappa shape index (κ2) is 10.8. The first kappa shape index (κ1) is 21.8. The number of hydrogen-bond donors (Lipinski definition) is 1. The summed E-state index contributed by atoms with van der Waals surface area (Å²) in [7, 11) is 0. The fourth-order valence-corrected chi connectivity index (χ4v) is 4.67. The molecule has 2 unspecified atom stereocenters. The van der Waals surface area contributed by atoms with Crippen molar-refractivity contribution in [2.75, 3.05) is 26.2 Å². The van der Waals surface area contributed by atoms with E-state index in [9.17, 15) is 9.59 Å². The number of nitrogens with zero attached hydrogens (tertiary/aromatic N) is 2. The molecule has 5 heteroatoms. The van der Waals surface area contributed by atoms with Crippen LogP contribution < -0.4 is 5.32 Å². The van der Waals surface area contributed by atoms with Gasteiger partial charge in [-0.15, -0.1) is 0 Å². The maximum atomic E-state index is 12.8. The Balaban J connectivity index is 1.54. The molecule has 0 aliphatic carbocycles. The van der Waals surface area contributed by atoms with E-state index in [1.807, 2.05) is 11.8 Å². The molecule has 2 heterocycles. The zero-order valence-corrected chi connectivity index (χ0v) is 18.2.